The molecule has 0 saturated carbocycles. The number of hydrogen-bond acceptors (Lipinski definition) is 8. The van der Waals surface area contributed by atoms with Crippen LogP contribution < -0.4 is 15.8 Å². The minimum atomic E-state index is -1.12. The molecule has 40 heavy (non-hydrogen) atoms. The van der Waals surface area contributed by atoms with Gasteiger partial charge in [0, 0.05) is 31.8 Å². The lowest BCUT2D eigenvalue weighted by Crippen LogP contribution is -2.60. The van der Waals surface area contributed by atoms with E-state index in [2.05, 4.69) is 5.32 Å². The largest absolute Gasteiger partial charge is 0.479 e. The number of aliphatic imine (C=N–C) groups is 1. The zero-order valence-electron chi connectivity index (χ0n) is 23.5. The Kier molecular flexibility index (Phi) is 7.60. The number of guanidine groups is 1. The predicted molar refractivity (Wildman–Crippen MR) is 149 cm³/mol. The molecule has 1 unspecified atom stereocenters. The zero-order chi connectivity index (χ0) is 28.7. The molecule has 10 heteroatoms. The van der Waals surface area contributed by atoms with E-state index in [9.17, 15) is 14.7 Å². The van der Waals surface area contributed by atoms with Crippen molar-refractivity contribution in [1.29, 1.82) is 0 Å². The van der Waals surface area contributed by atoms with Crippen molar-refractivity contribution in [1.82, 2.24) is 10.2 Å². The minimum Gasteiger partial charge on any atom is -0.479 e. The van der Waals surface area contributed by atoms with Gasteiger partial charge < -0.3 is 30.4 Å². The van der Waals surface area contributed by atoms with Crippen LogP contribution in [0, 0.1) is 0 Å². The summed E-state index contributed by atoms with van der Waals surface area (Å²) >= 11 is 0. The van der Waals surface area contributed by atoms with Crippen LogP contribution in [0.15, 0.2) is 47.5 Å². The topological polar surface area (TPSA) is 136 Å². The maximum absolute atomic E-state index is 13.8. The van der Waals surface area contributed by atoms with E-state index in [1.165, 1.54) is 4.90 Å². The lowest BCUT2D eigenvalue weighted by molar-refractivity contribution is -0.139. The number of methoxy groups -OCH3 is 2. The fraction of sp³-hybridized carbons (Fsp3) is 0.500. The van der Waals surface area contributed by atoms with Crippen LogP contribution in [0.5, 0.6) is 5.75 Å². The molecule has 0 saturated heterocycles. The first kappa shape index (κ1) is 28.1. The highest BCUT2D eigenvalue weighted by molar-refractivity contribution is 6.00. The van der Waals surface area contributed by atoms with Gasteiger partial charge in [-0.05, 0) is 42.2 Å². The van der Waals surface area contributed by atoms with E-state index in [4.69, 9.17) is 24.9 Å². The van der Waals surface area contributed by atoms with Crippen LogP contribution >= 0.6 is 0 Å². The van der Waals surface area contributed by atoms with Crippen molar-refractivity contribution >= 4 is 17.8 Å². The van der Waals surface area contributed by atoms with E-state index >= 15 is 0 Å². The number of nitrogens with one attached hydrogen (secondary N) is 1. The average Bonchev–Trinajstić information content (AvgIpc) is 3.41. The van der Waals surface area contributed by atoms with Gasteiger partial charge in [0.2, 0.25) is 5.91 Å². The van der Waals surface area contributed by atoms with Gasteiger partial charge in [0.25, 0.3) is 5.91 Å². The summed E-state index contributed by atoms with van der Waals surface area (Å²) in [6.07, 6.45) is 1.33. The van der Waals surface area contributed by atoms with E-state index < -0.39 is 29.3 Å². The summed E-state index contributed by atoms with van der Waals surface area (Å²) in [5, 5.41) is 13.7. The lowest BCUT2D eigenvalue weighted by atomic mass is 9.85. The minimum absolute atomic E-state index is 0.108. The van der Waals surface area contributed by atoms with Gasteiger partial charge >= 0.3 is 0 Å². The number of aliphatic hydroxyl groups is 1. The van der Waals surface area contributed by atoms with Gasteiger partial charge in [-0.15, -0.1) is 0 Å². The molecule has 4 N–H and O–H groups in total. The van der Waals surface area contributed by atoms with Crippen molar-refractivity contribution in [3.8, 4) is 5.75 Å². The van der Waals surface area contributed by atoms with E-state index in [1.807, 2.05) is 38.1 Å². The summed E-state index contributed by atoms with van der Waals surface area (Å²) in [5.41, 5.74) is 7.76. The molecule has 0 spiro atoms. The molecule has 214 valence electrons. The molecule has 2 aromatic rings. The number of nitrogens with zero attached hydrogens (tertiary/aromatic N) is 2. The highest BCUT2D eigenvalue weighted by atomic mass is 16.6. The number of rotatable bonds is 9. The molecule has 5 rings (SSSR count). The van der Waals surface area contributed by atoms with Gasteiger partial charge in [0.15, 0.2) is 11.6 Å². The molecular weight excluding hydrogens is 512 g/mol. The van der Waals surface area contributed by atoms with Crippen LogP contribution in [0.3, 0.4) is 0 Å². The third kappa shape index (κ3) is 4.63. The second-order valence-electron chi connectivity index (χ2n) is 11.0. The number of amides is 2. The molecule has 3 aliphatic rings. The molecule has 2 heterocycles. The van der Waals surface area contributed by atoms with Crippen LogP contribution in [-0.4, -0.2) is 72.5 Å². The average molecular weight is 551 g/mol. The zero-order valence-corrected chi connectivity index (χ0v) is 23.5. The van der Waals surface area contributed by atoms with E-state index in [1.54, 1.807) is 32.4 Å². The van der Waals surface area contributed by atoms with Crippen LogP contribution in [0.1, 0.15) is 72.2 Å². The number of aliphatic hydroxyl groups excluding tert-OH is 1. The smallest absolute Gasteiger partial charge is 0.251 e. The van der Waals surface area contributed by atoms with Crippen LogP contribution in [0.2, 0.25) is 0 Å². The highest BCUT2D eigenvalue weighted by Crippen LogP contribution is 2.49. The summed E-state index contributed by atoms with van der Waals surface area (Å²) < 4.78 is 17.6. The summed E-state index contributed by atoms with van der Waals surface area (Å²) in [7, 11) is 3.11. The molecule has 2 aliphatic heterocycles. The second kappa shape index (κ2) is 10.8. The number of hydrogen-bond donors (Lipinski definition) is 3. The summed E-state index contributed by atoms with van der Waals surface area (Å²) in [6.45, 7) is 4.22. The summed E-state index contributed by atoms with van der Waals surface area (Å²) in [4.78, 5) is 33.5. The Bertz CT molecular complexity index is 1320. The quantitative estimate of drug-likeness (QED) is 0.437. The molecule has 0 aromatic heterocycles. The molecule has 3 atom stereocenters. The molecule has 10 nitrogen and oxygen atoms in total. The lowest BCUT2D eigenvalue weighted by Gasteiger charge is -2.43. The Balaban J connectivity index is 1.53. The molecule has 2 amide bonds. The van der Waals surface area contributed by atoms with Crippen LogP contribution in [0.25, 0.3) is 0 Å². The maximum atomic E-state index is 13.8. The fourth-order valence-corrected chi connectivity index (χ4v) is 6.41. The number of nitrogens with two attached hydrogens (primary N) is 1. The Morgan fingerprint density at radius 2 is 1.85 bits per heavy atom. The molecule has 2 aromatic carbocycles. The first-order chi connectivity index (χ1) is 19.2. The Morgan fingerprint density at radius 3 is 2.50 bits per heavy atom. The first-order valence-electron chi connectivity index (χ1n) is 13.8. The number of carbonyl (C=O) groups excluding carboxylic acids is 2. The van der Waals surface area contributed by atoms with Gasteiger partial charge in [-0.3, -0.25) is 14.5 Å². The summed E-state index contributed by atoms with van der Waals surface area (Å²) in [6, 6.07) is 11.5. The van der Waals surface area contributed by atoms with Crippen LogP contribution in [0.4, 0.5) is 0 Å². The van der Waals surface area contributed by atoms with Crippen molar-refractivity contribution in [3.05, 3.63) is 64.7 Å². The number of benzene rings is 2. The molecule has 0 radical (unpaired) electrons. The SMILES string of the molecule is CCC1(CC)CC(=O)N(C2c3cc(C(=O)N[C@@H]4c5ccccc5C[C@H]4O)ccc3OC2(COC)COC)C(N)=N1. The van der Waals surface area contributed by atoms with Crippen molar-refractivity contribution < 1.29 is 28.9 Å². The monoisotopic (exact) mass is 550 g/mol. The van der Waals surface area contributed by atoms with Crippen molar-refractivity contribution in [2.24, 2.45) is 10.7 Å². The van der Waals surface area contributed by atoms with Crippen molar-refractivity contribution in [2.45, 2.75) is 68.9 Å². The van der Waals surface area contributed by atoms with Gasteiger partial charge in [-0.1, -0.05) is 38.1 Å². The highest BCUT2D eigenvalue weighted by Gasteiger charge is 2.56. The summed E-state index contributed by atoms with van der Waals surface area (Å²) in [5.74, 6) is 0.0967. The normalized spacial score (nSPS) is 24.2. The Hall–Kier alpha value is -3.47. The fourth-order valence-electron chi connectivity index (χ4n) is 6.41. The maximum Gasteiger partial charge on any atom is 0.251 e. The molecular formula is C30H38N4O6. The van der Waals surface area contributed by atoms with Gasteiger partial charge in [-0.2, -0.15) is 0 Å². The molecule has 0 fully saturated rings. The van der Waals surface area contributed by atoms with E-state index in [-0.39, 0.29) is 37.4 Å². The molecule has 0 bridgehead atoms. The molecule has 1 aliphatic carbocycles. The Morgan fingerprint density at radius 1 is 1.15 bits per heavy atom. The van der Waals surface area contributed by atoms with Gasteiger partial charge in [-0.25, -0.2) is 4.99 Å². The third-order valence-corrected chi connectivity index (χ3v) is 8.57. The third-order valence-electron chi connectivity index (χ3n) is 8.57. The van der Waals surface area contributed by atoms with Crippen molar-refractivity contribution in [3.63, 3.8) is 0 Å². The van der Waals surface area contributed by atoms with Gasteiger partial charge in [0.1, 0.15) is 11.8 Å². The van der Waals surface area contributed by atoms with E-state index in [0.29, 0.717) is 36.1 Å². The van der Waals surface area contributed by atoms with Crippen LogP contribution in [-0.2, 0) is 20.7 Å². The predicted octanol–water partition coefficient (Wildman–Crippen LogP) is 2.65. The standard InChI is InChI=1S/C30H38N4O6/c1-5-29(6-2)15-24(36)34(28(31)33-29)26-21-13-19(11-12-23(21)40-30(26,16-38-3)17-39-4)27(37)32-25-20-10-8-7-9-18(20)14-22(25)35/h7-13,22,25-26,35H,5-6,14-17H2,1-4H3,(H2,31,33)(H,32,37)/t22-,25-,26?/m1/s1. The van der Waals surface area contributed by atoms with E-state index in [0.717, 1.165) is 11.1 Å². The van der Waals surface area contributed by atoms with Gasteiger partial charge in [0.05, 0.1) is 37.3 Å². The second-order valence-corrected chi connectivity index (χ2v) is 11.0. The van der Waals surface area contributed by atoms with Crippen molar-refractivity contribution in [2.75, 3.05) is 27.4 Å². The Labute approximate surface area is 234 Å². The first-order valence-corrected chi connectivity index (χ1v) is 13.8. The number of fused-ring (bicyclic) bond motifs is 2. The number of ether oxygens (including phenoxy) is 3. The number of carbonyl (C=O) groups is 2.